The van der Waals surface area contributed by atoms with Gasteiger partial charge in [0.2, 0.25) is 0 Å². The molecule has 0 aromatic heterocycles. The van der Waals surface area contributed by atoms with E-state index in [0.717, 1.165) is 0 Å². The van der Waals surface area contributed by atoms with Gasteiger partial charge >= 0.3 is 19.2 Å². The van der Waals surface area contributed by atoms with Crippen LogP contribution in [-0.4, -0.2) is 57.9 Å². The van der Waals surface area contributed by atoms with Gasteiger partial charge in [0.1, 0.15) is 17.2 Å². The molecule has 1 saturated heterocycles. The Hall–Kier alpha value is -1.28. The van der Waals surface area contributed by atoms with Gasteiger partial charge in [-0.15, -0.1) is 0 Å². The second-order valence-corrected chi connectivity index (χ2v) is 8.28. The first-order chi connectivity index (χ1) is 10.8. The quantitative estimate of drug-likeness (QED) is 0.584. The summed E-state index contributed by atoms with van der Waals surface area (Å²) >= 11 is 0. The van der Waals surface area contributed by atoms with Crippen LogP contribution in [0.4, 0.5) is 4.79 Å². The summed E-state index contributed by atoms with van der Waals surface area (Å²) in [6.07, 6.45) is 0.881. The van der Waals surface area contributed by atoms with E-state index in [-0.39, 0.29) is 12.2 Å². The summed E-state index contributed by atoms with van der Waals surface area (Å²) < 4.78 is 10.8. The molecule has 0 saturated carbocycles. The molecule has 0 spiro atoms. The van der Waals surface area contributed by atoms with Crippen molar-refractivity contribution in [3.63, 3.8) is 0 Å². The van der Waals surface area contributed by atoms with Gasteiger partial charge in [0.05, 0.1) is 0 Å². The summed E-state index contributed by atoms with van der Waals surface area (Å²) in [5.74, 6) is -0.514. The highest BCUT2D eigenvalue weighted by Crippen LogP contribution is 2.33. The summed E-state index contributed by atoms with van der Waals surface area (Å²) in [6, 6.07) is -0.685. The molecule has 7 nitrogen and oxygen atoms in total. The first-order valence-corrected chi connectivity index (χ1v) is 8.39. The number of esters is 1. The maximum Gasteiger partial charge on any atom is 0.451 e. The van der Waals surface area contributed by atoms with Crippen molar-refractivity contribution in [2.24, 2.45) is 5.92 Å². The summed E-state index contributed by atoms with van der Waals surface area (Å²) in [4.78, 5) is 26.1. The Labute approximate surface area is 144 Å². The first-order valence-electron chi connectivity index (χ1n) is 8.39. The van der Waals surface area contributed by atoms with Gasteiger partial charge < -0.3 is 19.5 Å². The third-order valence-electron chi connectivity index (χ3n) is 3.53. The number of likely N-dealkylation sites (tertiary alicyclic amines) is 1. The molecule has 0 aromatic rings. The zero-order valence-electron chi connectivity index (χ0n) is 15.5. The lowest BCUT2D eigenvalue weighted by atomic mass is 9.78. The van der Waals surface area contributed by atoms with Crippen molar-refractivity contribution >= 4 is 19.2 Å². The van der Waals surface area contributed by atoms with E-state index in [0.29, 0.717) is 19.4 Å². The normalized spacial score (nSPS) is 21.1. The van der Waals surface area contributed by atoms with Crippen LogP contribution in [0.5, 0.6) is 0 Å². The number of amides is 1. The van der Waals surface area contributed by atoms with Crippen LogP contribution in [0.15, 0.2) is 0 Å². The third-order valence-corrected chi connectivity index (χ3v) is 3.53. The van der Waals surface area contributed by atoms with Crippen molar-refractivity contribution in [2.45, 2.75) is 77.9 Å². The average Bonchev–Trinajstić information content (AvgIpc) is 2.26. The minimum Gasteiger partial charge on any atom is -0.458 e. The van der Waals surface area contributed by atoms with Crippen LogP contribution < -0.4 is 0 Å². The van der Waals surface area contributed by atoms with E-state index < -0.39 is 36.4 Å². The lowest BCUT2D eigenvalue weighted by Crippen LogP contribution is -2.63. The molecule has 2 atom stereocenters. The summed E-state index contributed by atoms with van der Waals surface area (Å²) in [5.41, 5.74) is -1.28. The predicted octanol–water partition coefficient (Wildman–Crippen LogP) is 1.82. The minimum absolute atomic E-state index is 0.0638. The SMILES string of the molecule is CC(C)(C)OC(=O)C1C(CCCB(O)O)CN1C(=O)OC(C)(C)C. The molecule has 0 radical (unpaired) electrons. The lowest BCUT2D eigenvalue weighted by Gasteiger charge is -2.47. The van der Waals surface area contributed by atoms with Gasteiger partial charge in [0.25, 0.3) is 0 Å². The van der Waals surface area contributed by atoms with E-state index in [1.807, 2.05) is 0 Å². The fraction of sp³-hybridized carbons (Fsp3) is 0.875. The van der Waals surface area contributed by atoms with Crippen molar-refractivity contribution in [2.75, 3.05) is 6.54 Å². The Morgan fingerprint density at radius 2 is 1.62 bits per heavy atom. The molecule has 1 fully saturated rings. The molecule has 1 aliphatic rings. The zero-order valence-corrected chi connectivity index (χ0v) is 15.5. The molecule has 1 rings (SSSR count). The fourth-order valence-corrected chi connectivity index (χ4v) is 2.58. The van der Waals surface area contributed by atoms with Gasteiger partial charge in [-0.2, -0.15) is 0 Å². The highest BCUT2D eigenvalue weighted by atomic mass is 16.6. The molecule has 0 aromatic carbocycles. The Balaban J connectivity index is 2.74. The first kappa shape index (κ1) is 20.8. The minimum atomic E-state index is -1.35. The number of hydrogen-bond acceptors (Lipinski definition) is 6. The van der Waals surface area contributed by atoms with E-state index in [1.54, 1.807) is 41.5 Å². The molecule has 2 N–H and O–H groups in total. The smallest absolute Gasteiger partial charge is 0.451 e. The molecule has 138 valence electrons. The maximum atomic E-state index is 12.5. The summed E-state index contributed by atoms with van der Waals surface area (Å²) in [5, 5.41) is 17.9. The largest absolute Gasteiger partial charge is 0.458 e. The fourth-order valence-electron chi connectivity index (χ4n) is 2.58. The summed E-state index contributed by atoms with van der Waals surface area (Å²) in [6.45, 7) is 11.0. The van der Waals surface area contributed by atoms with Crippen molar-refractivity contribution in [3.05, 3.63) is 0 Å². The number of hydrogen-bond donors (Lipinski definition) is 2. The highest BCUT2D eigenvalue weighted by Gasteiger charge is 2.49. The molecule has 1 aliphatic heterocycles. The Morgan fingerprint density at radius 1 is 1.08 bits per heavy atom. The average molecular weight is 343 g/mol. The molecule has 0 aliphatic carbocycles. The van der Waals surface area contributed by atoms with Crippen LogP contribution in [0.1, 0.15) is 54.4 Å². The molecule has 24 heavy (non-hydrogen) atoms. The lowest BCUT2D eigenvalue weighted by molar-refractivity contribution is -0.170. The topological polar surface area (TPSA) is 96.3 Å². The second-order valence-electron chi connectivity index (χ2n) is 8.28. The highest BCUT2D eigenvalue weighted by molar-refractivity contribution is 6.40. The van der Waals surface area contributed by atoms with Crippen LogP contribution in [0.25, 0.3) is 0 Å². The van der Waals surface area contributed by atoms with Crippen molar-refractivity contribution in [1.29, 1.82) is 0 Å². The third kappa shape index (κ3) is 6.69. The van der Waals surface area contributed by atoms with Crippen molar-refractivity contribution < 1.29 is 29.1 Å². The number of nitrogens with zero attached hydrogens (tertiary/aromatic N) is 1. The Kier molecular flexibility index (Phi) is 6.70. The zero-order chi connectivity index (χ0) is 18.7. The molecule has 1 amide bonds. The van der Waals surface area contributed by atoms with Crippen LogP contribution in [-0.2, 0) is 14.3 Å². The van der Waals surface area contributed by atoms with Crippen molar-refractivity contribution in [1.82, 2.24) is 4.90 Å². The molecular weight excluding hydrogens is 313 g/mol. The second kappa shape index (κ2) is 7.74. The number of rotatable bonds is 5. The van der Waals surface area contributed by atoms with E-state index in [1.165, 1.54) is 4.90 Å². The van der Waals surface area contributed by atoms with E-state index in [4.69, 9.17) is 19.5 Å². The van der Waals surface area contributed by atoms with Crippen LogP contribution in [0, 0.1) is 5.92 Å². The van der Waals surface area contributed by atoms with Gasteiger partial charge in [-0.05, 0) is 54.3 Å². The van der Waals surface area contributed by atoms with E-state index >= 15 is 0 Å². The van der Waals surface area contributed by atoms with Crippen LogP contribution in [0.2, 0.25) is 6.32 Å². The number of ether oxygens (including phenoxy) is 2. The maximum absolute atomic E-state index is 12.5. The Bertz CT molecular complexity index is 454. The standard InChI is InChI=1S/C16H30BNO6/c1-15(2,3)23-13(19)12-11(8-7-9-17(21)22)10-18(12)14(20)24-16(4,5)6/h11-12,21-22H,7-10H2,1-6H3. The van der Waals surface area contributed by atoms with Crippen LogP contribution in [0.3, 0.4) is 0 Å². The molecular formula is C16H30BNO6. The number of carbonyl (C=O) groups excluding carboxylic acids is 2. The number of carbonyl (C=O) groups is 2. The summed E-state index contributed by atoms with van der Waals surface area (Å²) in [7, 11) is -1.35. The van der Waals surface area contributed by atoms with Gasteiger partial charge in [0.15, 0.2) is 0 Å². The van der Waals surface area contributed by atoms with Gasteiger partial charge in [-0.25, -0.2) is 9.59 Å². The van der Waals surface area contributed by atoms with Gasteiger partial charge in [-0.1, -0.05) is 6.42 Å². The van der Waals surface area contributed by atoms with Crippen LogP contribution >= 0.6 is 0 Å². The molecule has 0 bridgehead atoms. The van der Waals surface area contributed by atoms with Gasteiger partial charge in [-0.3, -0.25) is 4.90 Å². The predicted molar refractivity (Wildman–Crippen MR) is 90.3 cm³/mol. The van der Waals surface area contributed by atoms with Gasteiger partial charge in [0, 0.05) is 12.5 Å². The van der Waals surface area contributed by atoms with E-state index in [2.05, 4.69) is 0 Å². The molecule has 2 unspecified atom stereocenters. The Morgan fingerprint density at radius 3 is 2.08 bits per heavy atom. The monoisotopic (exact) mass is 343 g/mol. The van der Waals surface area contributed by atoms with E-state index in [9.17, 15) is 9.59 Å². The van der Waals surface area contributed by atoms with Crippen molar-refractivity contribution in [3.8, 4) is 0 Å². The molecule has 8 heteroatoms. The molecule has 1 heterocycles.